The first-order valence-electron chi connectivity index (χ1n) is 12.2. The van der Waals surface area contributed by atoms with Crippen LogP contribution < -0.4 is 10.2 Å². The number of halogens is 2. The highest BCUT2D eigenvalue weighted by molar-refractivity contribution is 6.31. The van der Waals surface area contributed by atoms with E-state index in [-0.39, 0.29) is 18.0 Å². The minimum atomic E-state index is -0.629. The zero-order chi connectivity index (χ0) is 25.3. The van der Waals surface area contributed by atoms with Crippen molar-refractivity contribution in [3.63, 3.8) is 0 Å². The minimum Gasteiger partial charge on any atom is -0.369 e. The van der Waals surface area contributed by atoms with Gasteiger partial charge in [0, 0.05) is 47.3 Å². The molecule has 3 aromatic rings. The first kappa shape index (κ1) is 25.4. The molecule has 0 atom stereocenters. The molecule has 1 fully saturated rings. The summed E-state index contributed by atoms with van der Waals surface area (Å²) in [6.45, 7) is 6.61. The average Bonchev–Trinajstić information content (AvgIpc) is 3.32. The molecular weight excluding hydrogens is 467 g/mol. The van der Waals surface area contributed by atoms with Gasteiger partial charge in [-0.05, 0) is 78.2 Å². The van der Waals surface area contributed by atoms with Gasteiger partial charge in [0.25, 0.3) is 5.91 Å². The molecule has 0 unspecified atom stereocenters. The molecule has 0 aliphatic heterocycles. The number of nitrogens with zero attached hydrogens (tertiary/aromatic N) is 5. The van der Waals surface area contributed by atoms with Crippen LogP contribution in [0.5, 0.6) is 0 Å². The number of amides is 1. The smallest absolute Gasteiger partial charge is 0.251 e. The van der Waals surface area contributed by atoms with Gasteiger partial charge in [-0.15, -0.1) is 0 Å². The number of hydrogen-bond donors (Lipinski definition) is 1. The van der Waals surface area contributed by atoms with E-state index in [1.54, 1.807) is 29.8 Å². The second-order valence-electron chi connectivity index (χ2n) is 9.54. The van der Waals surface area contributed by atoms with Crippen LogP contribution in [0.2, 0.25) is 5.02 Å². The quantitative estimate of drug-likeness (QED) is 0.473. The van der Waals surface area contributed by atoms with Crippen LogP contribution in [0, 0.1) is 19.8 Å². The molecule has 2 aromatic heterocycles. The second kappa shape index (κ2) is 10.5. The monoisotopic (exact) mass is 500 g/mol. The van der Waals surface area contributed by atoms with Gasteiger partial charge in [0.2, 0.25) is 5.95 Å². The van der Waals surface area contributed by atoms with Crippen molar-refractivity contribution in [1.82, 2.24) is 24.6 Å². The predicted octanol–water partition coefficient (Wildman–Crippen LogP) is 4.77. The summed E-state index contributed by atoms with van der Waals surface area (Å²) in [4.78, 5) is 26.1. The normalized spacial score (nSPS) is 18.3. The molecule has 2 heterocycles. The molecule has 1 N–H and O–H groups in total. The van der Waals surface area contributed by atoms with Crippen LogP contribution in [-0.4, -0.2) is 57.9 Å². The first-order valence-corrected chi connectivity index (χ1v) is 12.6. The molecule has 0 saturated heterocycles. The van der Waals surface area contributed by atoms with Crippen LogP contribution in [0.3, 0.4) is 0 Å². The number of nitrogens with one attached hydrogen (secondary N) is 1. The maximum absolute atomic E-state index is 14.6. The molecule has 9 heteroatoms. The summed E-state index contributed by atoms with van der Waals surface area (Å²) in [5, 5.41) is 3.36. The summed E-state index contributed by atoms with van der Waals surface area (Å²) in [6, 6.07) is 4.66. The van der Waals surface area contributed by atoms with Crippen molar-refractivity contribution in [2.45, 2.75) is 65.1 Å². The second-order valence-corrected chi connectivity index (χ2v) is 9.98. The molecule has 35 heavy (non-hydrogen) atoms. The van der Waals surface area contributed by atoms with Crippen molar-refractivity contribution >= 4 is 28.8 Å². The van der Waals surface area contributed by atoms with Crippen molar-refractivity contribution in [1.29, 1.82) is 0 Å². The van der Waals surface area contributed by atoms with Gasteiger partial charge in [0.1, 0.15) is 11.5 Å². The highest BCUT2D eigenvalue weighted by Crippen LogP contribution is 2.34. The third-order valence-corrected chi connectivity index (χ3v) is 7.49. The summed E-state index contributed by atoms with van der Waals surface area (Å²) in [5.41, 5.74) is 3.05. The van der Waals surface area contributed by atoms with Gasteiger partial charge in [0.05, 0.1) is 12.1 Å². The first-order chi connectivity index (χ1) is 16.7. The molecule has 0 radical (unpaired) electrons. The summed E-state index contributed by atoms with van der Waals surface area (Å²) in [5.74, 6) is -0.432. The zero-order valence-corrected chi connectivity index (χ0v) is 21.9. The van der Waals surface area contributed by atoms with E-state index >= 15 is 0 Å². The van der Waals surface area contributed by atoms with E-state index in [0.717, 1.165) is 43.5 Å². The van der Waals surface area contributed by atoms with Crippen LogP contribution in [0.15, 0.2) is 24.5 Å². The Morgan fingerprint density at radius 2 is 1.89 bits per heavy atom. The van der Waals surface area contributed by atoms with Crippen molar-refractivity contribution in [3.8, 4) is 0 Å². The largest absolute Gasteiger partial charge is 0.369 e. The van der Waals surface area contributed by atoms with Gasteiger partial charge in [-0.25, -0.2) is 9.97 Å². The zero-order valence-electron chi connectivity index (χ0n) is 21.1. The lowest BCUT2D eigenvalue weighted by Crippen LogP contribution is -2.42. The molecule has 4 rings (SSSR count). The van der Waals surface area contributed by atoms with Gasteiger partial charge in [-0.1, -0.05) is 11.6 Å². The number of aromatic nitrogens is 3. The highest BCUT2D eigenvalue weighted by atomic mass is 35.5. The Bertz CT molecular complexity index is 1220. The molecule has 0 bridgehead atoms. The fourth-order valence-corrected chi connectivity index (χ4v) is 5.48. The van der Waals surface area contributed by atoms with Crippen molar-refractivity contribution in [3.05, 3.63) is 58.0 Å². The van der Waals surface area contributed by atoms with Gasteiger partial charge >= 0.3 is 0 Å². The maximum Gasteiger partial charge on any atom is 0.251 e. The van der Waals surface area contributed by atoms with E-state index in [0.29, 0.717) is 34.1 Å². The van der Waals surface area contributed by atoms with Crippen LogP contribution in [-0.2, 0) is 6.54 Å². The van der Waals surface area contributed by atoms with E-state index in [4.69, 9.17) is 11.6 Å². The Morgan fingerprint density at radius 3 is 2.54 bits per heavy atom. The summed E-state index contributed by atoms with van der Waals surface area (Å²) in [6.07, 6.45) is 7.82. The molecular formula is C26H34ClFN6O. The Kier molecular flexibility index (Phi) is 7.62. The standard InChI is InChI=1S/C26H34ClFN6O/c1-6-33(20-9-7-19(8-10-20)32(4)5)23-14-18(27)13-21(16(23)2)26(35)30-15-22-24(28)31-17(3)34-12-11-29-25(22)34/h11-14,19-20H,6-10,15H2,1-5H3,(H,30,35)/t19-,20-. The van der Waals surface area contributed by atoms with E-state index in [2.05, 4.69) is 46.1 Å². The molecule has 1 aliphatic rings. The van der Waals surface area contributed by atoms with E-state index < -0.39 is 5.95 Å². The number of aryl methyl sites for hydroxylation is 1. The minimum absolute atomic E-state index is 0.0220. The summed E-state index contributed by atoms with van der Waals surface area (Å²) in [7, 11) is 4.29. The van der Waals surface area contributed by atoms with Crippen molar-refractivity contribution in [2.24, 2.45) is 0 Å². The van der Waals surface area contributed by atoms with Crippen LogP contribution in [0.4, 0.5) is 10.1 Å². The Hall–Kier alpha value is -2.71. The number of fused-ring (bicyclic) bond motifs is 1. The third-order valence-electron chi connectivity index (χ3n) is 7.27. The lowest BCUT2D eigenvalue weighted by molar-refractivity contribution is 0.0950. The number of anilines is 1. The number of rotatable bonds is 7. The van der Waals surface area contributed by atoms with Gasteiger partial charge in [0.15, 0.2) is 0 Å². The number of hydrogen-bond acceptors (Lipinski definition) is 5. The molecule has 188 valence electrons. The topological polar surface area (TPSA) is 65.8 Å². The highest BCUT2D eigenvalue weighted by Gasteiger charge is 2.28. The fraction of sp³-hybridized carbons (Fsp3) is 0.500. The molecule has 0 spiro atoms. The SMILES string of the molecule is CCN(c1cc(Cl)cc(C(=O)NCc2c(F)nc(C)n3ccnc23)c1C)[C@H]1CC[C@H](N(C)C)CC1. The average molecular weight is 501 g/mol. The van der Waals surface area contributed by atoms with Crippen molar-refractivity contribution in [2.75, 3.05) is 25.5 Å². The van der Waals surface area contributed by atoms with Gasteiger partial charge in [-0.2, -0.15) is 4.39 Å². The van der Waals surface area contributed by atoms with Crippen LogP contribution in [0.25, 0.3) is 5.65 Å². The van der Waals surface area contributed by atoms with Crippen LogP contribution in [0.1, 0.15) is 59.9 Å². The number of carbonyl (C=O) groups excluding carboxylic acids is 1. The maximum atomic E-state index is 14.6. The third kappa shape index (κ3) is 5.14. The van der Waals surface area contributed by atoms with Gasteiger partial charge < -0.3 is 15.1 Å². The van der Waals surface area contributed by atoms with Crippen LogP contribution >= 0.6 is 11.6 Å². The molecule has 1 aliphatic carbocycles. The Morgan fingerprint density at radius 1 is 1.20 bits per heavy atom. The number of benzene rings is 1. The number of imidazole rings is 1. The predicted molar refractivity (Wildman–Crippen MR) is 138 cm³/mol. The molecule has 1 aromatic carbocycles. The lowest BCUT2D eigenvalue weighted by Gasteiger charge is -2.40. The van der Waals surface area contributed by atoms with E-state index in [1.165, 1.54) is 0 Å². The van der Waals surface area contributed by atoms with E-state index in [1.807, 2.05) is 13.0 Å². The fourth-order valence-electron chi connectivity index (χ4n) is 5.27. The lowest BCUT2D eigenvalue weighted by atomic mass is 9.89. The van der Waals surface area contributed by atoms with Crippen molar-refractivity contribution < 1.29 is 9.18 Å². The van der Waals surface area contributed by atoms with E-state index in [9.17, 15) is 9.18 Å². The summed E-state index contributed by atoms with van der Waals surface area (Å²) >= 11 is 6.50. The van der Waals surface area contributed by atoms with Gasteiger partial charge in [-0.3, -0.25) is 9.20 Å². The molecule has 7 nitrogen and oxygen atoms in total. The summed E-state index contributed by atoms with van der Waals surface area (Å²) < 4.78 is 16.3. The Labute approximate surface area is 211 Å². The number of carbonyl (C=O) groups is 1. The Balaban J connectivity index is 1.56. The molecule has 1 amide bonds. The molecule has 1 saturated carbocycles.